The minimum atomic E-state index is -0.606. The van der Waals surface area contributed by atoms with Crippen LogP contribution in [0.1, 0.15) is 69.1 Å². The number of hydrogen-bond donors (Lipinski definition) is 5. The van der Waals surface area contributed by atoms with Crippen LogP contribution in [0.25, 0.3) is 11.0 Å². The molecule has 0 spiro atoms. The molecule has 1 fully saturated rings. The predicted octanol–water partition coefficient (Wildman–Crippen LogP) is 2.52. The van der Waals surface area contributed by atoms with E-state index in [1.807, 2.05) is 18.4 Å². The van der Waals surface area contributed by atoms with E-state index in [0.717, 1.165) is 45.0 Å². The molecule has 0 radical (unpaired) electrons. The smallest absolute Gasteiger partial charge is 0.276 e. The second-order valence-electron chi connectivity index (χ2n) is 12.4. The maximum Gasteiger partial charge on any atom is 0.276 e. The third kappa shape index (κ3) is 7.45. The zero-order chi connectivity index (χ0) is 35.4. The number of aromatic nitrogens is 4. The normalized spacial score (nSPS) is 15.8. The van der Waals surface area contributed by atoms with Crippen molar-refractivity contribution in [1.29, 1.82) is 0 Å². The van der Waals surface area contributed by atoms with E-state index in [1.54, 1.807) is 35.0 Å². The zero-order valence-electron chi connectivity index (χ0n) is 28.4. The second kappa shape index (κ2) is 15.0. The highest BCUT2D eigenvalue weighted by Crippen LogP contribution is 2.39. The summed E-state index contributed by atoms with van der Waals surface area (Å²) in [4.78, 5) is 44.5. The minimum Gasteiger partial charge on any atom is -0.491 e. The molecule has 0 aliphatic carbocycles. The molecule has 8 N–H and O–H groups in total. The number of aryl methyl sites for hydroxylation is 2. The van der Waals surface area contributed by atoms with Crippen molar-refractivity contribution in [1.82, 2.24) is 24.2 Å². The highest BCUT2D eigenvalue weighted by atomic mass is 16.5. The number of nitrogens with two attached hydrogens (primary N) is 3. The molecule has 50 heavy (non-hydrogen) atoms. The molecule has 6 rings (SSSR count). The molecule has 4 aromatic rings. The van der Waals surface area contributed by atoms with Gasteiger partial charge in [-0.05, 0) is 63.4 Å². The van der Waals surface area contributed by atoms with Gasteiger partial charge in [0.05, 0.1) is 42.8 Å². The maximum atomic E-state index is 13.5. The van der Waals surface area contributed by atoms with E-state index in [1.165, 1.54) is 0 Å². The molecule has 1 atom stereocenters. The van der Waals surface area contributed by atoms with Crippen LogP contribution in [-0.2, 0) is 11.3 Å². The van der Waals surface area contributed by atoms with Crippen LogP contribution in [0.3, 0.4) is 0 Å². The number of anilines is 3. The average molecular weight is 689 g/mol. The summed E-state index contributed by atoms with van der Waals surface area (Å²) >= 11 is 0. The van der Waals surface area contributed by atoms with Gasteiger partial charge in [0, 0.05) is 43.9 Å². The van der Waals surface area contributed by atoms with Gasteiger partial charge in [-0.25, -0.2) is 4.98 Å². The number of primary amides is 2. The number of carbonyl (C=O) groups excluding carboxylic acids is 3. The Morgan fingerprint density at radius 1 is 1.04 bits per heavy atom. The van der Waals surface area contributed by atoms with Crippen molar-refractivity contribution in [3.63, 3.8) is 0 Å². The molecule has 0 saturated carbocycles. The monoisotopic (exact) mass is 688 g/mol. The van der Waals surface area contributed by atoms with Crippen LogP contribution >= 0.6 is 0 Å². The minimum absolute atomic E-state index is 0.202. The number of nitrogens with zero attached hydrogens (tertiary/aromatic N) is 5. The lowest BCUT2D eigenvalue weighted by Gasteiger charge is -2.27. The number of nitrogens with one attached hydrogen (secondary N) is 2. The summed E-state index contributed by atoms with van der Waals surface area (Å²) < 4.78 is 21.3. The molecule has 2 aromatic carbocycles. The lowest BCUT2D eigenvalue weighted by Crippen LogP contribution is -2.37. The summed E-state index contributed by atoms with van der Waals surface area (Å²) in [5.74, 6) is -0.295. The highest BCUT2D eigenvalue weighted by molar-refractivity contribution is 6.04. The lowest BCUT2D eigenvalue weighted by molar-refractivity contribution is 0.0358. The van der Waals surface area contributed by atoms with Crippen LogP contribution in [0, 0.1) is 6.92 Å². The molecule has 3 amide bonds. The lowest BCUT2D eigenvalue weighted by atomic mass is 10.1. The van der Waals surface area contributed by atoms with Gasteiger partial charge in [-0.2, -0.15) is 5.10 Å². The molecule has 16 heteroatoms. The summed E-state index contributed by atoms with van der Waals surface area (Å²) in [6.07, 6.45) is 2.10. The van der Waals surface area contributed by atoms with Gasteiger partial charge in [-0.1, -0.05) is 0 Å². The maximum absolute atomic E-state index is 13.5. The Morgan fingerprint density at radius 3 is 2.54 bits per heavy atom. The van der Waals surface area contributed by atoms with Gasteiger partial charge in [0.15, 0.2) is 0 Å². The van der Waals surface area contributed by atoms with Gasteiger partial charge in [-0.15, -0.1) is 0 Å². The van der Waals surface area contributed by atoms with E-state index in [2.05, 4.69) is 20.6 Å². The van der Waals surface area contributed by atoms with Gasteiger partial charge in [0.2, 0.25) is 17.8 Å². The number of carbonyl (C=O) groups is 3. The molecule has 2 aliphatic heterocycles. The number of amides is 3. The fourth-order valence-corrected chi connectivity index (χ4v) is 6.43. The number of morpholine rings is 1. The molecular weight excluding hydrogens is 644 g/mol. The molecule has 16 nitrogen and oxygen atoms in total. The Hall–Kier alpha value is -5.35. The quantitative estimate of drug-likeness (QED) is 0.0902. The van der Waals surface area contributed by atoms with Crippen LogP contribution in [0.5, 0.6) is 11.5 Å². The van der Waals surface area contributed by atoms with Crippen LogP contribution in [0.4, 0.5) is 17.3 Å². The Balaban J connectivity index is 1.17. The number of imidazole rings is 1. The van der Waals surface area contributed by atoms with Gasteiger partial charge >= 0.3 is 0 Å². The predicted molar refractivity (Wildman–Crippen MR) is 188 cm³/mol. The average Bonchev–Trinajstić information content (AvgIpc) is 3.67. The van der Waals surface area contributed by atoms with E-state index < -0.39 is 11.8 Å². The molecule has 2 aromatic heterocycles. The van der Waals surface area contributed by atoms with Crippen molar-refractivity contribution in [2.75, 3.05) is 69.0 Å². The Kier molecular flexibility index (Phi) is 10.4. The number of ether oxygens (including phenoxy) is 3. The first kappa shape index (κ1) is 34.5. The van der Waals surface area contributed by atoms with Crippen molar-refractivity contribution < 1.29 is 28.6 Å². The van der Waals surface area contributed by atoms with Crippen LogP contribution < -0.4 is 37.3 Å². The Labute approximate surface area is 289 Å². The third-order valence-electron chi connectivity index (χ3n) is 8.90. The number of benzene rings is 2. The topological polar surface area (TPSA) is 220 Å². The van der Waals surface area contributed by atoms with Crippen molar-refractivity contribution >= 4 is 46.1 Å². The first-order chi connectivity index (χ1) is 24.1. The summed E-state index contributed by atoms with van der Waals surface area (Å²) in [5.41, 5.74) is 21.3. The molecule has 0 unspecified atom stereocenters. The Morgan fingerprint density at radius 2 is 1.80 bits per heavy atom. The fourth-order valence-electron chi connectivity index (χ4n) is 6.43. The summed E-state index contributed by atoms with van der Waals surface area (Å²) in [7, 11) is 0. The van der Waals surface area contributed by atoms with Gasteiger partial charge in [0.1, 0.15) is 35.0 Å². The molecule has 1 saturated heterocycles. The number of rotatable bonds is 15. The van der Waals surface area contributed by atoms with Gasteiger partial charge < -0.3 is 41.3 Å². The fraction of sp³-hybridized carbons (Fsp3) is 0.441. The van der Waals surface area contributed by atoms with Crippen LogP contribution in [0.2, 0.25) is 0 Å². The standard InChI is InChI=1S/C34H44N10O6/c1-3-43-26(14-20(2)41-43)33(47)40-34-39-25-16-22(32(37)46)18-28-30(25)44(34)23(19-50-28)6-4-7-38-29-24(35)15-21(31(36)45)17-27(29)49-11-5-8-42-9-12-48-13-10-42/h14-18,23,38H,3-13,19,35H2,1-2H3,(H2,36,45)(H2,37,46)(H,39,40,47)/t23-/m0/s1. The van der Waals surface area contributed by atoms with Crippen LogP contribution in [-0.4, -0.2) is 94.6 Å². The largest absolute Gasteiger partial charge is 0.491 e. The van der Waals surface area contributed by atoms with E-state index >= 15 is 0 Å². The molecular formula is C34H44N10O6. The first-order valence-electron chi connectivity index (χ1n) is 16.9. The molecule has 4 heterocycles. The van der Waals surface area contributed by atoms with Crippen molar-refractivity contribution in [2.24, 2.45) is 11.5 Å². The van der Waals surface area contributed by atoms with E-state index in [0.29, 0.717) is 78.1 Å². The number of hydrogen-bond acceptors (Lipinski definition) is 11. The molecule has 266 valence electrons. The molecule has 2 aliphatic rings. The third-order valence-corrected chi connectivity index (χ3v) is 8.90. The zero-order valence-corrected chi connectivity index (χ0v) is 28.4. The second-order valence-corrected chi connectivity index (χ2v) is 12.4. The van der Waals surface area contributed by atoms with Crippen molar-refractivity contribution in [2.45, 2.75) is 45.7 Å². The van der Waals surface area contributed by atoms with E-state index in [4.69, 9.17) is 36.4 Å². The summed E-state index contributed by atoms with van der Waals surface area (Å²) in [6, 6.07) is 7.88. The Bertz CT molecular complexity index is 1900. The number of nitrogen functional groups attached to an aromatic ring is 1. The van der Waals surface area contributed by atoms with Crippen molar-refractivity contribution in [3.05, 3.63) is 52.8 Å². The summed E-state index contributed by atoms with van der Waals surface area (Å²) in [6.45, 7) is 9.63. The van der Waals surface area contributed by atoms with Crippen LogP contribution in [0.15, 0.2) is 30.3 Å². The summed E-state index contributed by atoms with van der Waals surface area (Å²) in [5, 5.41) is 10.8. The van der Waals surface area contributed by atoms with E-state index in [9.17, 15) is 14.4 Å². The SMILES string of the molecule is CCn1nc(C)cc1C(=O)Nc1nc2cc(C(N)=O)cc3c2n1[C@@H](CCCNc1c(N)cc(C(N)=O)cc1OCCCN1CCOCC1)CO3. The van der Waals surface area contributed by atoms with E-state index in [-0.39, 0.29) is 29.7 Å². The first-order valence-corrected chi connectivity index (χ1v) is 16.9. The molecule has 0 bridgehead atoms. The van der Waals surface area contributed by atoms with Gasteiger partial charge in [0.25, 0.3) is 5.91 Å². The highest BCUT2D eigenvalue weighted by Gasteiger charge is 2.29. The van der Waals surface area contributed by atoms with Gasteiger partial charge in [-0.3, -0.25) is 29.3 Å². The van der Waals surface area contributed by atoms with Crippen molar-refractivity contribution in [3.8, 4) is 11.5 Å².